The summed E-state index contributed by atoms with van der Waals surface area (Å²) in [5, 5.41) is 9.27. The van der Waals surface area contributed by atoms with E-state index in [-0.39, 0.29) is 5.91 Å². The Morgan fingerprint density at radius 1 is 1.15 bits per heavy atom. The molecule has 0 saturated heterocycles. The van der Waals surface area contributed by atoms with Crippen molar-refractivity contribution in [2.75, 3.05) is 24.9 Å². The number of amides is 1. The van der Waals surface area contributed by atoms with Crippen molar-refractivity contribution in [3.8, 4) is 28.6 Å². The molecule has 8 nitrogen and oxygen atoms in total. The first-order valence-electron chi connectivity index (χ1n) is 10.6. The maximum Gasteiger partial charge on any atom is 0.247 e. The first-order chi connectivity index (χ1) is 15.9. The summed E-state index contributed by atoms with van der Waals surface area (Å²) in [6.45, 7) is 5.76. The summed E-state index contributed by atoms with van der Waals surface area (Å²) < 4.78 is 17.5. The Morgan fingerprint density at radius 3 is 2.64 bits per heavy atom. The zero-order valence-corrected chi connectivity index (χ0v) is 20.0. The molecule has 9 heteroatoms. The molecule has 0 radical (unpaired) electrons. The van der Waals surface area contributed by atoms with Crippen LogP contribution in [-0.4, -0.2) is 41.1 Å². The Kier molecular flexibility index (Phi) is 6.69. The molecule has 1 aliphatic rings. The summed E-state index contributed by atoms with van der Waals surface area (Å²) in [5.41, 5.74) is 2.48. The van der Waals surface area contributed by atoms with Gasteiger partial charge in [-0.25, -0.2) is 0 Å². The molecule has 2 heterocycles. The van der Waals surface area contributed by atoms with Crippen molar-refractivity contribution in [1.29, 1.82) is 0 Å². The topological polar surface area (TPSA) is 86.7 Å². The Balaban J connectivity index is 1.92. The lowest BCUT2D eigenvalue weighted by molar-refractivity contribution is -0.118. The van der Waals surface area contributed by atoms with Crippen molar-refractivity contribution in [3.05, 3.63) is 48.0 Å². The fourth-order valence-corrected chi connectivity index (χ4v) is 4.32. The summed E-state index contributed by atoms with van der Waals surface area (Å²) >= 11 is 1.52. The van der Waals surface area contributed by atoms with Crippen molar-refractivity contribution < 1.29 is 19.0 Å². The van der Waals surface area contributed by atoms with Crippen LogP contribution in [0.4, 0.5) is 5.69 Å². The number of aromatic nitrogens is 3. The molecule has 0 fully saturated rings. The highest BCUT2D eigenvalue weighted by atomic mass is 32.2. The van der Waals surface area contributed by atoms with Gasteiger partial charge >= 0.3 is 0 Å². The largest absolute Gasteiger partial charge is 0.497 e. The number of thioether (sulfide) groups is 1. The monoisotopic (exact) mass is 466 g/mol. The summed E-state index contributed by atoms with van der Waals surface area (Å²) in [6, 6.07) is 12.9. The Bertz CT molecular complexity index is 1170. The average Bonchev–Trinajstić information content (AvgIpc) is 2.96. The third-order valence-electron chi connectivity index (χ3n) is 5.10. The standard InChI is InChI=1S/C24H26N4O4S/c1-14(2)13-33-24-25-22-21(26-27-24)17-8-6-7-9-19(17)28(15(3)29)23(32-22)18-12-16(30-4)10-11-20(18)31-5/h6-12,14,23H,13H2,1-5H3/t23-/m0/s1. The molecule has 0 saturated carbocycles. The van der Waals surface area contributed by atoms with Gasteiger partial charge < -0.3 is 14.2 Å². The van der Waals surface area contributed by atoms with Crippen molar-refractivity contribution in [1.82, 2.24) is 15.2 Å². The Morgan fingerprint density at radius 2 is 1.94 bits per heavy atom. The van der Waals surface area contributed by atoms with Crippen LogP contribution in [0.3, 0.4) is 0 Å². The van der Waals surface area contributed by atoms with Gasteiger partial charge in [0.15, 0.2) is 5.69 Å². The third-order valence-corrected chi connectivity index (χ3v) is 6.36. The molecule has 1 atom stereocenters. The molecule has 0 N–H and O–H groups in total. The van der Waals surface area contributed by atoms with Crippen molar-refractivity contribution in [2.45, 2.75) is 32.2 Å². The van der Waals surface area contributed by atoms with Crippen LogP contribution < -0.4 is 19.1 Å². The molecule has 33 heavy (non-hydrogen) atoms. The van der Waals surface area contributed by atoms with E-state index in [1.807, 2.05) is 24.3 Å². The minimum absolute atomic E-state index is 0.201. The number of carbonyl (C=O) groups excluding carboxylic acids is 1. The van der Waals surface area contributed by atoms with Gasteiger partial charge in [0.05, 0.1) is 25.5 Å². The van der Waals surface area contributed by atoms with Crippen LogP contribution in [0.15, 0.2) is 47.6 Å². The molecule has 0 unspecified atom stereocenters. The van der Waals surface area contributed by atoms with Crippen LogP contribution >= 0.6 is 11.8 Å². The molecule has 172 valence electrons. The number of ether oxygens (including phenoxy) is 3. The van der Waals surface area contributed by atoms with Crippen LogP contribution in [0.2, 0.25) is 0 Å². The number of methoxy groups -OCH3 is 2. The molecule has 2 aromatic carbocycles. The van der Waals surface area contributed by atoms with Gasteiger partial charge in [-0.1, -0.05) is 43.8 Å². The smallest absolute Gasteiger partial charge is 0.247 e. The van der Waals surface area contributed by atoms with E-state index < -0.39 is 6.23 Å². The van der Waals surface area contributed by atoms with Gasteiger partial charge in [0.1, 0.15) is 11.5 Å². The van der Waals surface area contributed by atoms with E-state index in [4.69, 9.17) is 14.2 Å². The van der Waals surface area contributed by atoms with Crippen LogP contribution in [-0.2, 0) is 4.79 Å². The Hall–Kier alpha value is -3.33. The maximum atomic E-state index is 13.0. The van der Waals surface area contributed by atoms with E-state index in [1.54, 1.807) is 37.3 Å². The predicted octanol–water partition coefficient (Wildman–Crippen LogP) is 4.75. The lowest BCUT2D eigenvalue weighted by Gasteiger charge is -2.30. The molecule has 1 aliphatic heterocycles. The molecule has 0 bridgehead atoms. The van der Waals surface area contributed by atoms with Crippen LogP contribution in [0.1, 0.15) is 32.6 Å². The number of anilines is 1. The van der Waals surface area contributed by atoms with E-state index >= 15 is 0 Å². The number of carbonyl (C=O) groups is 1. The second kappa shape index (κ2) is 9.66. The minimum Gasteiger partial charge on any atom is -0.497 e. The third kappa shape index (κ3) is 4.59. The van der Waals surface area contributed by atoms with Gasteiger partial charge in [-0.2, -0.15) is 4.98 Å². The maximum absolute atomic E-state index is 13.0. The predicted molar refractivity (Wildman–Crippen MR) is 127 cm³/mol. The first-order valence-corrected chi connectivity index (χ1v) is 11.6. The fourth-order valence-electron chi connectivity index (χ4n) is 3.59. The van der Waals surface area contributed by atoms with Crippen LogP contribution in [0.25, 0.3) is 11.3 Å². The molecular weight excluding hydrogens is 440 g/mol. The van der Waals surface area contributed by atoms with Crippen molar-refractivity contribution >= 4 is 23.4 Å². The van der Waals surface area contributed by atoms with E-state index in [0.717, 1.165) is 5.75 Å². The second-order valence-corrected chi connectivity index (χ2v) is 8.92. The summed E-state index contributed by atoms with van der Waals surface area (Å²) in [5.74, 6) is 2.61. The number of benzene rings is 2. The summed E-state index contributed by atoms with van der Waals surface area (Å²) in [6.07, 6.45) is -0.852. The van der Waals surface area contributed by atoms with Crippen molar-refractivity contribution in [2.24, 2.45) is 5.92 Å². The van der Waals surface area contributed by atoms with E-state index in [0.29, 0.717) is 51.0 Å². The van der Waals surface area contributed by atoms with Crippen LogP contribution in [0.5, 0.6) is 17.4 Å². The van der Waals surface area contributed by atoms with E-state index in [9.17, 15) is 4.79 Å². The van der Waals surface area contributed by atoms with Gasteiger partial charge in [-0.05, 0) is 30.2 Å². The SMILES string of the molecule is COc1ccc(OC)c([C@@H]2Oc3nc(SCC(C)C)nnc3-c3ccccc3N2C(C)=O)c1. The molecule has 3 aromatic rings. The number of rotatable bonds is 6. The molecule has 0 aliphatic carbocycles. The first kappa shape index (κ1) is 22.8. The number of hydrogen-bond acceptors (Lipinski definition) is 8. The highest BCUT2D eigenvalue weighted by Gasteiger charge is 2.36. The lowest BCUT2D eigenvalue weighted by Crippen LogP contribution is -2.36. The molecule has 1 amide bonds. The number of nitrogens with zero attached hydrogens (tertiary/aromatic N) is 4. The lowest BCUT2D eigenvalue weighted by atomic mass is 10.1. The quantitative estimate of drug-likeness (QED) is 0.481. The number of hydrogen-bond donors (Lipinski definition) is 0. The summed E-state index contributed by atoms with van der Waals surface area (Å²) in [4.78, 5) is 19.2. The minimum atomic E-state index is -0.852. The average molecular weight is 467 g/mol. The summed E-state index contributed by atoms with van der Waals surface area (Å²) in [7, 11) is 3.16. The normalized spacial score (nSPS) is 14.7. The van der Waals surface area contributed by atoms with Gasteiger partial charge in [0, 0.05) is 18.2 Å². The number of fused-ring (bicyclic) bond motifs is 3. The Labute approximate surface area is 197 Å². The highest BCUT2D eigenvalue weighted by molar-refractivity contribution is 7.99. The number of para-hydroxylation sites is 1. The molecule has 0 spiro atoms. The van der Waals surface area contributed by atoms with Gasteiger partial charge in [0.25, 0.3) is 0 Å². The van der Waals surface area contributed by atoms with Crippen molar-refractivity contribution in [3.63, 3.8) is 0 Å². The highest BCUT2D eigenvalue weighted by Crippen LogP contribution is 2.45. The molecule has 4 rings (SSSR count). The zero-order valence-electron chi connectivity index (χ0n) is 19.2. The molecular formula is C24H26N4O4S. The van der Waals surface area contributed by atoms with E-state index in [1.165, 1.54) is 18.7 Å². The fraction of sp³-hybridized carbons (Fsp3) is 0.333. The van der Waals surface area contributed by atoms with Gasteiger partial charge in [-0.3, -0.25) is 9.69 Å². The van der Waals surface area contributed by atoms with Crippen LogP contribution in [0, 0.1) is 5.92 Å². The van der Waals surface area contributed by atoms with Gasteiger partial charge in [0.2, 0.25) is 23.2 Å². The van der Waals surface area contributed by atoms with E-state index in [2.05, 4.69) is 29.0 Å². The second-order valence-electron chi connectivity index (χ2n) is 7.94. The molecule has 1 aromatic heterocycles. The van der Waals surface area contributed by atoms with Gasteiger partial charge in [-0.15, -0.1) is 10.2 Å². The zero-order chi connectivity index (χ0) is 23.5.